The zero-order chi connectivity index (χ0) is 18.7. The predicted octanol–water partition coefficient (Wildman–Crippen LogP) is 5.78. The maximum Gasteiger partial charge on any atom is 0.416 e. The number of anilines is 2. The van der Waals surface area contributed by atoms with Crippen LogP contribution in [-0.4, -0.2) is 16.5 Å². The molecule has 26 heavy (non-hydrogen) atoms. The molecule has 1 aliphatic heterocycles. The molecule has 8 heteroatoms. The lowest BCUT2D eigenvalue weighted by molar-refractivity contribution is -0.137. The topological polar surface area (TPSA) is 41.5 Å². The van der Waals surface area contributed by atoms with Gasteiger partial charge in [0, 0.05) is 11.4 Å². The van der Waals surface area contributed by atoms with Crippen molar-refractivity contribution in [1.29, 1.82) is 0 Å². The van der Waals surface area contributed by atoms with Crippen LogP contribution in [0.1, 0.15) is 11.1 Å². The first-order chi connectivity index (χ1) is 12.4. The van der Waals surface area contributed by atoms with Crippen molar-refractivity contribution in [3.05, 3.63) is 64.6 Å². The largest absolute Gasteiger partial charge is 0.416 e. The van der Waals surface area contributed by atoms with Crippen LogP contribution in [0.5, 0.6) is 0 Å². The number of benzene rings is 2. The number of alkyl halides is 3. The highest BCUT2D eigenvalue weighted by Crippen LogP contribution is 2.35. The fourth-order valence-corrected chi connectivity index (χ4v) is 3.70. The first kappa shape index (κ1) is 18.6. The van der Waals surface area contributed by atoms with Gasteiger partial charge in [0.15, 0.2) is 0 Å². The van der Waals surface area contributed by atoms with Crippen molar-refractivity contribution < 1.29 is 18.0 Å². The molecule has 1 aliphatic rings. The summed E-state index contributed by atoms with van der Waals surface area (Å²) in [5, 5.41) is 2.99. The van der Waals surface area contributed by atoms with Crippen LogP contribution < -0.4 is 5.32 Å². The van der Waals surface area contributed by atoms with E-state index < -0.39 is 11.7 Å². The average Bonchev–Trinajstić information content (AvgIpc) is 2.96. The Hall–Kier alpha value is -2.19. The maximum absolute atomic E-state index is 12.9. The summed E-state index contributed by atoms with van der Waals surface area (Å²) >= 11 is 2.67. The molecule has 134 valence electrons. The summed E-state index contributed by atoms with van der Waals surface area (Å²) in [6.07, 6.45) is -0.876. The maximum atomic E-state index is 12.9. The van der Waals surface area contributed by atoms with E-state index in [-0.39, 0.29) is 5.91 Å². The highest BCUT2D eigenvalue weighted by atomic mass is 32.2. The summed E-state index contributed by atoms with van der Waals surface area (Å²) in [4.78, 5) is 16.3. The number of thioether (sulfide) groups is 2. The fraction of sp³-hybridized carbons (Fsp3) is 0.111. The molecule has 2 aromatic carbocycles. The standard InChI is InChI=1S/C18H13F3N2OS2/c1-25-17-23-16(24)15(26-17)9-11-5-2-3-8-14(11)22-13-7-4-6-12(10-13)18(19,20)21/h2-10,22H,1H3/b15-9-. The van der Waals surface area contributed by atoms with Crippen LogP contribution >= 0.6 is 23.5 Å². The molecule has 1 amide bonds. The van der Waals surface area contributed by atoms with Gasteiger partial charge in [-0.2, -0.15) is 18.2 Å². The third kappa shape index (κ3) is 4.31. The summed E-state index contributed by atoms with van der Waals surface area (Å²) < 4.78 is 39.3. The second kappa shape index (κ2) is 7.59. The molecule has 0 aromatic heterocycles. The quantitative estimate of drug-likeness (QED) is 0.670. The van der Waals surface area contributed by atoms with Gasteiger partial charge in [-0.1, -0.05) is 36.0 Å². The lowest BCUT2D eigenvalue weighted by Crippen LogP contribution is -2.05. The van der Waals surface area contributed by atoms with E-state index in [2.05, 4.69) is 10.3 Å². The van der Waals surface area contributed by atoms with E-state index in [4.69, 9.17) is 0 Å². The molecule has 0 atom stereocenters. The minimum atomic E-state index is -4.41. The highest BCUT2D eigenvalue weighted by molar-refractivity contribution is 8.40. The molecule has 0 fully saturated rings. The normalized spacial score (nSPS) is 16.1. The van der Waals surface area contributed by atoms with E-state index in [1.807, 2.05) is 6.26 Å². The molecule has 0 spiro atoms. The molecule has 0 saturated heterocycles. The van der Waals surface area contributed by atoms with Gasteiger partial charge in [0.05, 0.1) is 10.5 Å². The summed E-state index contributed by atoms with van der Waals surface area (Å²) in [6, 6.07) is 12.1. The Morgan fingerprint density at radius 1 is 1.15 bits per heavy atom. The molecule has 2 aromatic rings. The summed E-state index contributed by atoms with van der Waals surface area (Å²) in [5.74, 6) is -0.312. The second-order valence-electron chi connectivity index (χ2n) is 5.29. The molecule has 1 N–H and O–H groups in total. The molecule has 1 heterocycles. The summed E-state index contributed by atoms with van der Waals surface area (Å²) in [6.45, 7) is 0. The SMILES string of the molecule is CSC1=NC(=O)/C(=C/c2ccccc2Nc2cccc(C(F)(F)F)c2)S1. The molecular formula is C18H13F3N2OS2. The molecule has 0 unspecified atom stereocenters. The van der Waals surface area contributed by atoms with Crippen LogP contribution in [0.15, 0.2) is 58.4 Å². The second-order valence-corrected chi connectivity index (χ2v) is 7.37. The van der Waals surface area contributed by atoms with E-state index in [0.717, 1.165) is 12.1 Å². The number of hydrogen-bond donors (Lipinski definition) is 1. The Kier molecular flexibility index (Phi) is 5.43. The van der Waals surface area contributed by atoms with Crippen molar-refractivity contribution in [3.63, 3.8) is 0 Å². The van der Waals surface area contributed by atoms with Crippen LogP contribution in [0.3, 0.4) is 0 Å². The molecule has 0 bridgehead atoms. The number of rotatable bonds is 3. The van der Waals surface area contributed by atoms with Gasteiger partial charge in [-0.25, -0.2) is 0 Å². The Balaban J connectivity index is 1.89. The van der Waals surface area contributed by atoms with Crippen LogP contribution in [0.4, 0.5) is 24.5 Å². The fourth-order valence-electron chi connectivity index (χ4n) is 2.28. The lowest BCUT2D eigenvalue weighted by atomic mass is 10.1. The number of para-hydroxylation sites is 1. The van der Waals surface area contributed by atoms with Gasteiger partial charge < -0.3 is 5.32 Å². The third-order valence-electron chi connectivity index (χ3n) is 3.49. The van der Waals surface area contributed by atoms with Crippen LogP contribution in [0.25, 0.3) is 6.08 Å². The highest BCUT2D eigenvalue weighted by Gasteiger charge is 2.30. The number of aliphatic imine (C=N–C) groups is 1. The van der Waals surface area contributed by atoms with Gasteiger partial charge in [0.2, 0.25) is 0 Å². The average molecular weight is 394 g/mol. The zero-order valence-electron chi connectivity index (χ0n) is 13.5. The number of carbonyl (C=O) groups is 1. The molecular weight excluding hydrogens is 381 g/mol. The first-order valence-electron chi connectivity index (χ1n) is 7.46. The number of hydrogen-bond acceptors (Lipinski definition) is 4. The minimum Gasteiger partial charge on any atom is -0.355 e. The van der Waals surface area contributed by atoms with Crippen molar-refractivity contribution in [2.75, 3.05) is 11.6 Å². The Bertz CT molecular complexity index is 907. The molecule has 3 nitrogen and oxygen atoms in total. The van der Waals surface area contributed by atoms with Crippen molar-refractivity contribution in [1.82, 2.24) is 0 Å². The van der Waals surface area contributed by atoms with Gasteiger partial charge in [-0.15, -0.1) is 11.8 Å². The minimum absolute atomic E-state index is 0.312. The van der Waals surface area contributed by atoms with Gasteiger partial charge in [-0.3, -0.25) is 4.79 Å². The summed E-state index contributed by atoms with van der Waals surface area (Å²) in [5.41, 5.74) is 0.888. The van der Waals surface area contributed by atoms with E-state index in [9.17, 15) is 18.0 Å². The van der Waals surface area contributed by atoms with Crippen molar-refractivity contribution >= 4 is 51.3 Å². The zero-order valence-corrected chi connectivity index (χ0v) is 15.1. The Morgan fingerprint density at radius 3 is 2.62 bits per heavy atom. The Labute approximate surface area is 156 Å². The molecule has 3 rings (SSSR count). The van der Waals surface area contributed by atoms with Crippen molar-refractivity contribution in [2.24, 2.45) is 4.99 Å². The van der Waals surface area contributed by atoms with E-state index in [0.29, 0.717) is 26.2 Å². The number of carbonyl (C=O) groups excluding carboxylic acids is 1. The summed E-state index contributed by atoms with van der Waals surface area (Å²) in [7, 11) is 0. The van der Waals surface area contributed by atoms with E-state index >= 15 is 0 Å². The van der Waals surface area contributed by atoms with Crippen LogP contribution in [0.2, 0.25) is 0 Å². The van der Waals surface area contributed by atoms with Gasteiger partial charge in [0.1, 0.15) is 4.38 Å². The monoisotopic (exact) mass is 394 g/mol. The molecule has 0 radical (unpaired) electrons. The molecule has 0 aliphatic carbocycles. The smallest absolute Gasteiger partial charge is 0.355 e. The van der Waals surface area contributed by atoms with Gasteiger partial charge >= 0.3 is 6.18 Å². The predicted molar refractivity (Wildman–Crippen MR) is 103 cm³/mol. The molecule has 0 saturated carbocycles. The van der Waals surface area contributed by atoms with Gasteiger partial charge in [0.25, 0.3) is 5.91 Å². The third-order valence-corrected chi connectivity index (χ3v) is 5.46. The lowest BCUT2D eigenvalue weighted by Gasteiger charge is -2.12. The van der Waals surface area contributed by atoms with Crippen LogP contribution in [-0.2, 0) is 11.0 Å². The number of amides is 1. The van der Waals surface area contributed by atoms with Crippen LogP contribution in [0, 0.1) is 0 Å². The van der Waals surface area contributed by atoms with Gasteiger partial charge in [-0.05, 0) is 42.2 Å². The number of nitrogens with one attached hydrogen (secondary N) is 1. The first-order valence-corrected chi connectivity index (χ1v) is 9.51. The van der Waals surface area contributed by atoms with Crippen molar-refractivity contribution in [2.45, 2.75) is 6.18 Å². The Morgan fingerprint density at radius 2 is 1.92 bits per heavy atom. The van der Waals surface area contributed by atoms with Crippen molar-refractivity contribution in [3.8, 4) is 0 Å². The van der Waals surface area contributed by atoms with E-state index in [1.165, 1.54) is 29.6 Å². The number of halogens is 3. The number of nitrogens with zero attached hydrogens (tertiary/aromatic N) is 1. The van der Waals surface area contributed by atoms with E-state index in [1.54, 1.807) is 36.4 Å².